The molecule has 1 aliphatic heterocycles. The van der Waals surface area contributed by atoms with E-state index in [4.69, 9.17) is 9.26 Å². The Bertz CT molecular complexity index is 305. The van der Waals surface area contributed by atoms with Crippen LogP contribution in [0, 0.1) is 5.92 Å². The molecule has 2 rings (SSSR count). The van der Waals surface area contributed by atoms with Gasteiger partial charge < -0.3 is 14.4 Å². The fraction of sp³-hybridized carbons (Fsp3) is 0.800. The molecular weight excluding hydrogens is 196 g/mol. The highest BCUT2D eigenvalue weighted by atomic mass is 16.5. The molecule has 0 radical (unpaired) electrons. The smallest absolute Gasteiger partial charge is 0.255 e. The lowest BCUT2D eigenvalue weighted by Gasteiger charge is -2.20. The summed E-state index contributed by atoms with van der Waals surface area (Å²) >= 11 is 0. The molecule has 1 fully saturated rings. The quantitative estimate of drug-likeness (QED) is 0.812. The zero-order valence-electron chi connectivity index (χ0n) is 8.85. The zero-order valence-corrected chi connectivity index (χ0v) is 8.85. The summed E-state index contributed by atoms with van der Waals surface area (Å²) in [4.78, 5) is 4.12. The van der Waals surface area contributed by atoms with Crippen molar-refractivity contribution in [1.29, 1.82) is 0 Å². The first kappa shape index (κ1) is 10.6. The molecule has 0 spiro atoms. The molecule has 0 amide bonds. The fourth-order valence-corrected chi connectivity index (χ4v) is 1.75. The van der Waals surface area contributed by atoms with Crippen LogP contribution in [-0.2, 0) is 11.2 Å². The first-order valence-electron chi connectivity index (χ1n) is 5.34. The Morgan fingerprint density at radius 1 is 1.60 bits per heavy atom. The van der Waals surface area contributed by atoms with Gasteiger partial charge in [-0.25, -0.2) is 0 Å². The molecule has 1 aromatic rings. The minimum atomic E-state index is -0.686. The van der Waals surface area contributed by atoms with Crippen LogP contribution in [-0.4, -0.2) is 28.5 Å². The van der Waals surface area contributed by atoms with E-state index in [2.05, 4.69) is 10.1 Å². The van der Waals surface area contributed by atoms with Crippen molar-refractivity contribution in [3.63, 3.8) is 0 Å². The third-order valence-electron chi connectivity index (χ3n) is 2.57. The Labute approximate surface area is 88.4 Å². The van der Waals surface area contributed by atoms with Crippen molar-refractivity contribution in [2.45, 2.75) is 32.3 Å². The molecular formula is C10H16N2O3. The van der Waals surface area contributed by atoms with E-state index in [1.54, 1.807) is 6.92 Å². The number of aromatic nitrogens is 2. The summed E-state index contributed by atoms with van der Waals surface area (Å²) in [7, 11) is 0. The SMILES string of the molecule is CC(O)c1nc(CC2CCCOC2)no1. The monoisotopic (exact) mass is 212 g/mol. The van der Waals surface area contributed by atoms with Gasteiger partial charge in [0.05, 0.1) is 0 Å². The third-order valence-corrected chi connectivity index (χ3v) is 2.57. The van der Waals surface area contributed by atoms with Crippen molar-refractivity contribution >= 4 is 0 Å². The lowest BCUT2D eigenvalue weighted by molar-refractivity contribution is 0.0541. The highest BCUT2D eigenvalue weighted by molar-refractivity contribution is 4.90. The molecule has 0 bridgehead atoms. The maximum Gasteiger partial charge on any atom is 0.255 e. The second-order valence-electron chi connectivity index (χ2n) is 4.01. The molecule has 5 nitrogen and oxygen atoms in total. The van der Waals surface area contributed by atoms with Crippen molar-refractivity contribution in [3.8, 4) is 0 Å². The van der Waals surface area contributed by atoms with Gasteiger partial charge in [-0.1, -0.05) is 5.16 Å². The van der Waals surface area contributed by atoms with Gasteiger partial charge in [0.25, 0.3) is 5.89 Å². The normalized spacial score (nSPS) is 24.0. The number of hydrogen-bond acceptors (Lipinski definition) is 5. The second kappa shape index (κ2) is 4.72. The molecule has 2 heterocycles. The molecule has 0 saturated carbocycles. The molecule has 1 saturated heterocycles. The Balaban J connectivity index is 1.91. The zero-order chi connectivity index (χ0) is 10.7. The number of rotatable bonds is 3. The Morgan fingerprint density at radius 3 is 3.07 bits per heavy atom. The van der Waals surface area contributed by atoms with Crippen LogP contribution in [0.3, 0.4) is 0 Å². The van der Waals surface area contributed by atoms with E-state index in [1.807, 2.05) is 0 Å². The van der Waals surface area contributed by atoms with E-state index >= 15 is 0 Å². The van der Waals surface area contributed by atoms with E-state index < -0.39 is 6.10 Å². The Kier molecular flexibility index (Phi) is 3.33. The van der Waals surface area contributed by atoms with Crippen LogP contribution in [0.4, 0.5) is 0 Å². The number of aliphatic hydroxyl groups is 1. The molecule has 0 aromatic carbocycles. The van der Waals surface area contributed by atoms with Crippen LogP contribution in [0.1, 0.15) is 37.6 Å². The molecule has 1 aliphatic rings. The van der Waals surface area contributed by atoms with Crippen LogP contribution < -0.4 is 0 Å². The largest absolute Gasteiger partial charge is 0.384 e. The fourth-order valence-electron chi connectivity index (χ4n) is 1.75. The summed E-state index contributed by atoms with van der Waals surface area (Å²) in [5, 5.41) is 13.1. The van der Waals surface area contributed by atoms with Gasteiger partial charge in [-0.3, -0.25) is 0 Å². The first-order chi connectivity index (χ1) is 7.25. The predicted octanol–water partition coefficient (Wildman–Crippen LogP) is 1.09. The molecule has 15 heavy (non-hydrogen) atoms. The summed E-state index contributed by atoms with van der Waals surface area (Å²) in [5.74, 6) is 1.45. The van der Waals surface area contributed by atoms with Crippen LogP contribution in [0.25, 0.3) is 0 Å². The number of aliphatic hydroxyl groups excluding tert-OH is 1. The summed E-state index contributed by atoms with van der Waals surface area (Å²) in [6.45, 7) is 3.25. The number of ether oxygens (including phenoxy) is 1. The maximum absolute atomic E-state index is 9.22. The van der Waals surface area contributed by atoms with Crippen molar-refractivity contribution in [2.75, 3.05) is 13.2 Å². The molecule has 1 aromatic heterocycles. The summed E-state index contributed by atoms with van der Waals surface area (Å²) < 4.78 is 10.3. The Hall–Kier alpha value is -0.940. The maximum atomic E-state index is 9.22. The van der Waals surface area contributed by atoms with Crippen LogP contribution in [0.15, 0.2) is 4.52 Å². The lowest BCUT2D eigenvalue weighted by Crippen LogP contribution is -2.19. The predicted molar refractivity (Wildman–Crippen MR) is 52.2 cm³/mol. The number of hydrogen-bond donors (Lipinski definition) is 1. The van der Waals surface area contributed by atoms with E-state index in [-0.39, 0.29) is 0 Å². The lowest BCUT2D eigenvalue weighted by atomic mass is 9.98. The highest BCUT2D eigenvalue weighted by Crippen LogP contribution is 2.18. The average molecular weight is 212 g/mol. The summed E-state index contributed by atoms with van der Waals surface area (Å²) in [6, 6.07) is 0. The second-order valence-corrected chi connectivity index (χ2v) is 4.01. The van der Waals surface area contributed by atoms with Gasteiger partial charge in [-0.15, -0.1) is 0 Å². The molecule has 0 aliphatic carbocycles. The topological polar surface area (TPSA) is 68.4 Å². The Morgan fingerprint density at radius 2 is 2.47 bits per heavy atom. The van der Waals surface area contributed by atoms with Gasteiger partial charge in [0.2, 0.25) is 0 Å². The van der Waals surface area contributed by atoms with Crippen molar-refractivity contribution in [3.05, 3.63) is 11.7 Å². The summed E-state index contributed by atoms with van der Waals surface area (Å²) in [6.07, 6.45) is 2.34. The van der Waals surface area contributed by atoms with Crippen LogP contribution in [0.5, 0.6) is 0 Å². The van der Waals surface area contributed by atoms with E-state index in [1.165, 1.54) is 0 Å². The summed E-state index contributed by atoms with van der Waals surface area (Å²) in [5.41, 5.74) is 0. The molecule has 5 heteroatoms. The van der Waals surface area contributed by atoms with E-state index in [9.17, 15) is 5.11 Å². The van der Waals surface area contributed by atoms with E-state index in [0.717, 1.165) is 32.5 Å². The molecule has 84 valence electrons. The highest BCUT2D eigenvalue weighted by Gasteiger charge is 2.18. The van der Waals surface area contributed by atoms with Gasteiger partial charge in [0, 0.05) is 19.6 Å². The van der Waals surface area contributed by atoms with Crippen molar-refractivity contribution < 1.29 is 14.4 Å². The van der Waals surface area contributed by atoms with Gasteiger partial charge in [0.1, 0.15) is 6.10 Å². The van der Waals surface area contributed by atoms with Crippen molar-refractivity contribution in [2.24, 2.45) is 5.92 Å². The third kappa shape index (κ3) is 2.76. The van der Waals surface area contributed by atoms with Gasteiger partial charge in [0.15, 0.2) is 5.82 Å². The minimum absolute atomic E-state index is 0.293. The van der Waals surface area contributed by atoms with Crippen molar-refractivity contribution in [1.82, 2.24) is 10.1 Å². The van der Waals surface area contributed by atoms with Crippen LogP contribution in [0.2, 0.25) is 0 Å². The van der Waals surface area contributed by atoms with Gasteiger partial charge in [-0.2, -0.15) is 4.98 Å². The van der Waals surface area contributed by atoms with Gasteiger partial charge >= 0.3 is 0 Å². The van der Waals surface area contributed by atoms with Crippen LogP contribution >= 0.6 is 0 Å². The molecule has 2 unspecified atom stereocenters. The molecule has 1 N–H and O–H groups in total. The standard InChI is InChI=1S/C10H16N2O3/c1-7(13)10-11-9(12-15-10)5-8-3-2-4-14-6-8/h7-8,13H,2-6H2,1H3. The van der Waals surface area contributed by atoms with Gasteiger partial charge in [-0.05, 0) is 25.7 Å². The minimum Gasteiger partial charge on any atom is -0.384 e. The van der Waals surface area contributed by atoms with E-state index in [0.29, 0.717) is 17.6 Å². The molecule has 2 atom stereocenters. The average Bonchev–Trinajstić information content (AvgIpc) is 2.68. The number of nitrogens with zero attached hydrogens (tertiary/aromatic N) is 2. The first-order valence-corrected chi connectivity index (χ1v) is 5.34.